The number of carbonyl (C=O) groups excluding carboxylic acids is 1. The number of benzene rings is 2. The van der Waals surface area contributed by atoms with Gasteiger partial charge in [-0.2, -0.15) is 0 Å². The fourth-order valence-corrected chi connectivity index (χ4v) is 6.49. The molecule has 50 heavy (non-hydrogen) atoms. The summed E-state index contributed by atoms with van der Waals surface area (Å²) in [6.45, 7) is 5.46. The number of ether oxygens (including phenoxy) is 5. The van der Waals surface area contributed by atoms with Crippen molar-refractivity contribution < 1.29 is 58.1 Å². The average Bonchev–Trinajstić information content (AvgIpc) is 3.74. The number of nitrogens with one attached hydrogen (secondary N) is 1. The molecule has 3 aliphatic heterocycles. The first-order valence-electron chi connectivity index (χ1n) is 16.4. The highest BCUT2D eigenvalue weighted by Crippen LogP contribution is 2.32. The van der Waals surface area contributed by atoms with Crippen LogP contribution in [0, 0.1) is 5.82 Å². The van der Waals surface area contributed by atoms with Crippen LogP contribution in [0.4, 0.5) is 15.8 Å². The third-order valence-corrected chi connectivity index (χ3v) is 9.23. The lowest BCUT2D eigenvalue weighted by Crippen LogP contribution is -2.67. The number of anilines is 2. The summed E-state index contributed by atoms with van der Waals surface area (Å²) in [4.78, 5) is 20.3. The molecule has 1 amide bonds. The molecule has 3 saturated heterocycles. The Bertz CT molecular complexity index is 1590. The molecule has 2 aromatic rings. The zero-order valence-corrected chi connectivity index (χ0v) is 27.7. The summed E-state index contributed by atoms with van der Waals surface area (Å²) in [5.41, 5.74) is 8.80. The van der Waals surface area contributed by atoms with E-state index in [9.17, 15) is 29.6 Å². The van der Waals surface area contributed by atoms with E-state index in [-0.39, 0.29) is 36.9 Å². The maximum atomic E-state index is 14.7. The highest BCUT2D eigenvalue weighted by Gasteiger charge is 2.53. The van der Waals surface area contributed by atoms with Gasteiger partial charge in [-0.3, -0.25) is 4.79 Å². The predicted octanol–water partition coefficient (Wildman–Crippen LogP) is 0.418. The summed E-state index contributed by atoms with van der Waals surface area (Å²) in [7, 11) is 0. The predicted molar refractivity (Wildman–Crippen MR) is 176 cm³/mol. The zero-order chi connectivity index (χ0) is 35.5. The Labute approximate surface area is 287 Å². The summed E-state index contributed by atoms with van der Waals surface area (Å²) in [6, 6.07) is 8.59. The smallest absolute Gasteiger partial charge is 0.247 e. The SMILES string of the molecule is C/C(=N/OCc1ccc(N2CCOCC2)c(F)c1)[C@H]1O[C@@H](Oc2ccc(/C=C(\C)C(=O)N[C@@H]3[C@H](O)[C@@H](O)[C@H]4OCO[C@H]4[C@@H]3O)cc2N)C[C@@H]1O. The number of amides is 1. The van der Waals surface area contributed by atoms with E-state index in [4.69, 9.17) is 34.3 Å². The van der Waals surface area contributed by atoms with Crippen LogP contribution in [0.15, 0.2) is 47.1 Å². The summed E-state index contributed by atoms with van der Waals surface area (Å²) in [6.07, 6.45) is -6.76. The van der Waals surface area contributed by atoms with E-state index >= 15 is 0 Å². The molecule has 15 nitrogen and oxygen atoms in total. The number of hydrogen-bond donors (Lipinski definition) is 6. The Balaban J connectivity index is 1.00. The van der Waals surface area contributed by atoms with Gasteiger partial charge in [-0.1, -0.05) is 17.3 Å². The molecule has 0 radical (unpaired) electrons. The summed E-state index contributed by atoms with van der Waals surface area (Å²) >= 11 is 0. The van der Waals surface area contributed by atoms with Crippen LogP contribution in [0.1, 0.15) is 31.4 Å². The number of carbonyl (C=O) groups is 1. The van der Waals surface area contributed by atoms with Crippen LogP contribution in [0.3, 0.4) is 0 Å². The lowest BCUT2D eigenvalue weighted by Gasteiger charge is -2.41. The molecule has 7 N–H and O–H groups in total. The Morgan fingerprint density at radius 1 is 1.06 bits per heavy atom. The van der Waals surface area contributed by atoms with Crippen LogP contribution in [-0.2, 0) is 35.2 Å². The molecule has 16 heteroatoms. The van der Waals surface area contributed by atoms with E-state index < -0.39 is 61.0 Å². The number of nitrogen functional groups attached to an aromatic ring is 1. The molecule has 6 rings (SSSR count). The fraction of sp³-hybridized carbons (Fsp3) is 0.529. The second kappa shape index (κ2) is 15.6. The Kier molecular flexibility index (Phi) is 11.2. The number of halogens is 1. The minimum absolute atomic E-state index is 0.0255. The van der Waals surface area contributed by atoms with Gasteiger partial charge in [0.2, 0.25) is 12.2 Å². The monoisotopic (exact) mass is 702 g/mol. The second-order valence-electron chi connectivity index (χ2n) is 12.8. The summed E-state index contributed by atoms with van der Waals surface area (Å²) in [5, 5.41) is 48.8. The molecule has 0 bridgehead atoms. The third-order valence-electron chi connectivity index (χ3n) is 9.23. The van der Waals surface area contributed by atoms with Crippen molar-refractivity contribution in [2.45, 2.75) is 81.9 Å². The van der Waals surface area contributed by atoms with E-state index in [0.29, 0.717) is 54.6 Å². The fourth-order valence-electron chi connectivity index (χ4n) is 6.49. The minimum Gasteiger partial charge on any atom is -0.463 e. The maximum Gasteiger partial charge on any atom is 0.247 e. The van der Waals surface area contributed by atoms with Gasteiger partial charge < -0.3 is 64.9 Å². The van der Waals surface area contributed by atoms with E-state index in [1.165, 1.54) is 6.07 Å². The Morgan fingerprint density at radius 2 is 1.80 bits per heavy atom. The number of rotatable bonds is 10. The van der Waals surface area contributed by atoms with E-state index in [1.807, 2.05) is 4.90 Å². The van der Waals surface area contributed by atoms with Gasteiger partial charge in [0.05, 0.1) is 42.4 Å². The third kappa shape index (κ3) is 7.87. The number of hydrogen-bond acceptors (Lipinski definition) is 14. The van der Waals surface area contributed by atoms with Gasteiger partial charge in [0.1, 0.15) is 61.6 Å². The van der Waals surface area contributed by atoms with Crippen molar-refractivity contribution in [3.63, 3.8) is 0 Å². The molecular weight excluding hydrogens is 659 g/mol. The van der Waals surface area contributed by atoms with Crippen molar-refractivity contribution in [2.75, 3.05) is 43.7 Å². The number of morpholine rings is 1. The largest absolute Gasteiger partial charge is 0.463 e. The van der Waals surface area contributed by atoms with Crippen LogP contribution >= 0.6 is 0 Å². The van der Waals surface area contributed by atoms with Gasteiger partial charge in [0.25, 0.3) is 0 Å². The molecule has 2 aromatic carbocycles. The molecule has 4 fully saturated rings. The van der Waals surface area contributed by atoms with Crippen molar-refractivity contribution in [3.8, 4) is 5.75 Å². The molecule has 9 atom stereocenters. The van der Waals surface area contributed by atoms with Crippen molar-refractivity contribution >= 4 is 29.1 Å². The van der Waals surface area contributed by atoms with Crippen LogP contribution in [0.2, 0.25) is 0 Å². The van der Waals surface area contributed by atoms with Crippen LogP contribution in [-0.4, -0.2) is 120 Å². The summed E-state index contributed by atoms with van der Waals surface area (Å²) < 4.78 is 42.4. The zero-order valence-electron chi connectivity index (χ0n) is 27.7. The van der Waals surface area contributed by atoms with Crippen molar-refractivity contribution in [2.24, 2.45) is 5.16 Å². The number of aliphatic hydroxyl groups excluding tert-OH is 4. The maximum absolute atomic E-state index is 14.7. The van der Waals surface area contributed by atoms with Gasteiger partial charge in [0.15, 0.2) is 0 Å². The van der Waals surface area contributed by atoms with Gasteiger partial charge in [-0.25, -0.2) is 4.39 Å². The Hall–Kier alpha value is -3.87. The molecule has 1 aliphatic carbocycles. The summed E-state index contributed by atoms with van der Waals surface area (Å²) in [5.74, 6) is -0.629. The molecule has 3 heterocycles. The highest BCUT2D eigenvalue weighted by molar-refractivity contribution is 5.97. The van der Waals surface area contributed by atoms with Crippen molar-refractivity contribution in [1.29, 1.82) is 0 Å². The normalized spacial score (nSPS) is 31.7. The van der Waals surface area contributed by atoms with Crippen molar-refractivity contribution in [1.82, 2.24) is 5.32 Å². The second-order valence-corrected chi connectivity index (χ2v) is 12.8. The van der Waals surface area contributed by atoms with Crippen molar-refractivity contribution in [3.05, 3.63) is 58.9 Å². The molecule has 0 unspecified atom stereocenters. The van der Waals surface area contributed by atoms with E-state index in [2.05, 4.69) is 10.5 Å². The van der Waals surface area contributed by atoms with Gasteiger partial charge >= 0.3 is 0 Å². The number of oxime groups is 1. The lowest BCUT2D eigenvalue weighted by atomic mass is 9.83. The topological polar surface area (TPSA) is 207 Å². The number of nitrogens with two attached hydrogens (primary N) is 1. The number of aliphatic hydroxyl groups is 4. The number of fused-ring (bicyclic) bond motifs is 1. The first-order chi connectivity index (χ1) is 24.0. The molecule has 4 aliphatic rings. The molecular formula is C34H43FN4O11. The van der Waals surface area contributed by atoms with E-state index in [1.54, 1.807) is 50.3 Å². The van der Waals surface area contributed by atoms with Crippen LogP contribution < -0.4 is 20.7 Å². The van der Waals surface area contributed by atoms with Gasteiger partial charge in [-0.15, -0.1) is 0 Å². The van der Waals surface area contributed by atoms with Crippen LogP contribution in [0.5, 0.6) is 5.75 Å². The molecule has 0 spiro atoms. The minimum atomic E-state index is -1.47. The quantitative estimate of drug-likeness (QED) is 0.0860. The molecule has 1 saturated carbocycles. The van der Waals surface area contributed by atoms with Gasteiger partial charge in [-0.05, 0) is 55.3 Å². The van der Waals surface area contributed by atoms with E-state index in [0.717, 1.165) is 0 Å². The Morgan fingerprint density at radius 3 is 2.52 bits per heavy atom. The van der Waals surface area contributed by atoms with Crippen LogP contribution in [0.25, 0.3) is 6.08 Å². The average molecular weight is 703 g/mol. The first kappa shape index (κ1) is 35.9. The lowest BCUT2D eigenvalue weighted by molar-refractivity contribution is -0.155. The number of nitrogens with zero attached hydrogens (tertiary/aromatic N) is 2. The standard InChI is InChI=1S/C34H43FN4O11/c1-17(34(44)37-27-28(41)30(43)33-32(29(27)42)46-16-47-33)11-19-4-6-25(22(36)13-19)49-26-14-24(40)31(50-26)18(2)38-48-15-20-3-5-23(21(35)12-20)39-7-9-45-10-8-39/h3-6,11-13,24,26-33,40-43H,7-10,14-16,36H2,1-2H3,(H,37,44)/b17-11+,38-18-/t24-,26+,27+,28-,29+,30+,31+,32-,33+/m0/s1. The molecule has 0 aromatic heterocycles. The van der Waals surface area contributed by atoms with Gasteiger partial charge in [0, 0.05) is 25.1 Å². The highest BCUT2D eigenvalue weighted by atomic mass is 19.1. The first-order valence-corrected chi connectivity index (χ1v) is 16.4. The molecule has 272 valence electrons.